The molecule has 0 amide bonds. The Morgan fingerprint density at radius 3 is 2.62 bits per heavy atom. The highest BCUT2D eigenvalue weighted by Gasteiger charge is 2.13. The minimum atomic E-state index is -0.408. The number of benzene rings is 2. The van der Waals surface area contributed by atoms with Crippen LogP contribution in [-0.4, -0.2) is 24.8 Å². The van der Waals surface area contributed by atoms with Gasteiger partial charge in [0.05, 0.1) is 22.9 Å². The van der Waals surface area contributed by atoms with Crippen LogP contribution in [0.5, 0.6) is 0 Å². The molecule has 6 nitrogen and oxygen atoms in total. The van der Waals surface area contributed by atoms with Crippen molar-refractivity contribution in [3.63, 3.8) is 0 Å². The van der Waals surface area contributed by atoms with Crippen molar-refractivity contribution in [2.75, 3.05) is 0 Å². The van der Waals surface area contributed by atoms with Gasteiger partial charge in [-0.25, -0.2) is 14.2 Å². The molecule has 0 bridgehead atoms. The molecule has 0 aliphatic carbocycles. The third-order valence-electron chi connectivity index (χ3n) is 3.67. The van der Waals surface area contributed by atoms with Crippen molar-refractivity contribution in [3.05, 3.63) is 80.9 Å². The molecule has 4 aromatic rings. The standard InChI is InChI=1S/C17H11ClFN5OS/c18-14-3-1-2-4-15(14)24-17(25)23(21-22-24)9-13-10-26-16(20-13)11-5-7-12(19)8-6-11/h1-8,10H,9H2. The van der Waals surface area contributed by atoms with Gasteiger partial charge in [0.2, 0.25) is 0 Å². The van der Waals surface area contributed by atoms with Gasteiger partial charge in [-0.2, -0.15) is 9.36 Å². The fraction of sp³-hybridized carbons (Fsp3) is 0.0588. The van der Waals surface area contributed by atoms with E-state index in [1.54, 1.807) is 36.4 Å². The van der Waals surface area contributed by atoms with Gasteiger partial charge < -0.3 is 0 Å². The molecule has 0 spiro atoms. The maximum absolute atomic E-state index is 13.0. The zero-order chi connectivity index (χ0) is 18.1. The van der Waals surface area contributed by atoms with Crippen molar-refractivity contribution in [1.29, 1.82) is 0 Å². The average molecular weight is 388 g/mol. The Kier molecular flexibility index (Phi) is 4.36. The molecular formula is C17H11ClFN5OS. The highest BCUT2D eigenvalue weighted by Crippen LogP contribution is 2.24. The number of halogens is 2. The fourth-order valence-corrected chi connectivity index (χ4v) is 3.44. The van der Waals surface area contributed by atoms with Crippen molar-refractivity contribution >= 4 is 22.9 Å². The Labute approximate surface area is 156 Å². The van der Waals surface area contributed by atoms with Gasteiger partial charge in [-0.3, -0.25) is 0 Å². The van der Waals surface area contributed by atoms with E-state index >= 15 is 0 Å². The summed E-state index contributed by atoms with van der Waals surface area (Å²) in [4.78, 5) is 17.0. The summed E-state index contributed by atoms with van der Waals surface area (Å²) in [6.07, 6.45) is 0. The Morgan fingerprint density at radius 2 is 1.85 bits per heavy atom. The van der Waals surface area contributed by atoms with E-state index in [1.807, 2.05) is 5.38 Å². The first-order chi connectivity index (χ1) is 12.6. The lowest BCUT2D eigenvalue weighted by molar-refractivity contribution is 0.624. The van der Waals surface area contributed by atoms with Gasteiger partial charge in [-0.05, 0) is 46.8 Å². The Bertz CT molecular complexity index is 1120. The lowest BCUT2D eigenvalue weighted by Crippen LogP contribution is -2.25. The van der Waals surface area contributed by atoms with Crippen LogP contribution in [-0.2, 0) is 6.54 Å². The van der Waals surface area contributed by atoms with Crippen LogP contribution in [0.1, 0.15) is 5.69 Å². The highest BCUT2D eigenvalue weighted by molar-refractivity contribution is 7.13. The number of hydrogen-bond donors (Lipinski definition) is 0. The van der Waals surface area contributed by atoms with Gasteiger partial charge in [0.1, 0.15) is 10.8 Å². The summed E-state index contributed by atoms with van der Waals surface area (Å²) in [5.41, 5.74) is 1.54. The van der Waals surface area contributed by atoms with Crippen molar-refractivity contribution in [1.82, 2.24) is 24.8 Å². The average Bonchev–Trinajstić information content (AvgIpc) is 3.24. The molecule has 0 aliphatic rings. The molecule has 130 valence electrons. The van der Waals surface area contributed by atoms with E-state index in [2.05, 4.69) is 15.4 Å². The molecule has 26 heavy (non-hydrogen) atoms. The minimum Gasteiger partial charge on any atom is -0.244 e. The number of aromatic nitrogens is 5. The van der Waals surface area contributed by atoms with Gasteiger partial charge in [0.25, 0.3) is 0 Å². The van der Waals surface area contributed by atoms with Gasteiger partial charge in [0, 0.05) is 10.9 Å². The van der Waals surface area contributed by atoms with Crippen LogP contribution >= 0.6 is 22.9 Å². The normalized spacial score (nSPS) is 11.0. The van der Waals surface area contributed by atoms with E-state index in [0.29, 0.717) is 16.4 Å². The molecule has 0 saturated carbocycles. The number of nitrogens with zero attached hydrogens (tertiary/aromatic N) is 5. The second-order valence-corrected chi connectivity index (χ2v) is 6.70. The van der Waals surface area contributed by atoms with E-state index in [4.69, 9.17) is 11.6 Å². The van der Waals surface area contributed by atoms with Crippen molar-refractivity contribution in [2.45, 2.75) is 6.54 Å². The van der Waals surface area contributed by atoms with Crippen molar-refractivity contribution in [3.8, 4) is 16.3 Å². The lowest BCUT2D eigenvalue weighted by atomic mass is 10.2. The number of para-hydroxylation sites is 1. The van der Waals surface area contributed by atoms with E-state index in [-0.39, 0.29) is 12.4 Å². The van der Waals surface area contributed by atoms with E-state index in [9.17, 15) is 9.18 Å². The first-order valence-electron chi connectivity index (χ1n) is 7.60. The first-order valence-corrected chi connectivity index (χ1v) is 8.85. The lowest BCUT2D eigenvalue weighted by Gasteiger charge is -2.00. The molecule has 0 atom stereocenters. The van der Waals surface area contributed by atoms with Crippen molar-refractivity contribution in [2.24, 2.45) is 0 Å². The van der Waals surface area contributed by atoms with Gasteiger partial charge in [-0.15, -0.1) is 11.3 Å². The molecule has 0 saturated heterocycles. The molecule has 4 rings (SSSR count). The monoisotopic (exact) mass is 387 g/mol. The van der Waals surface area contributed by atoms with Crippen LogP contribution in [0, 0.1) is 5.82 Å². The Balaban J connectivity index is 1.60. The van der Waals surface area contributed by atoms with Crippen molar-refractivity contribution < 1.29 is 4.39 Å². The summed E-state index contributed by atoms with van der Waals surface area (Å²) in [5, 5.41) is 10.8. The molecule has 2 heterocycles. The van der Waals surface area contributed by atoms with E-state index in [1.165, 1.54) is 28.2 Å². The zero-order valence-electron chi connectivity index (χ0n) is 13.2. The third kappa shape index (κ3) is 3.16. The second kappa shape index (κ2) is 6.81. The SMILES string of the molecule is O=c1n(Cc2csc(-c3ccc(F)cc3)n2)nnn1-c1ccccc1Cl. The van der Waals surface area contributed by atoms with Crippen LogP contribution < -0.4 is 5.69 Å². The topological polar surface area (TPSA) is 65.6 Å². The maximum atomic E-state index is 13.0. The molecule has 2 aromatic heterocycles. The quantitative estimate of drug-likeness (QED) is 0.538. The summed E-state index contributed by atoms with van der Waals surface area (Å²) >= 11 is 7.52. The predicted molar refractivity (Wildman–Crippen MR) is 97.2 cm³/mol. The zero-order valence-corrected chi connectivity index (χ0v) is 14.8. The summed E-state index contributed by atoms with van der Waals surface area (Å²) in [6, 6.07) is 13.0. The summed E-state index contributed by atoms with van der Waals surface area (Å²) in [5.74, 6) is -0.298. The largest absolute Gasteiger partial charge is 0.368 e. The molecule has 0 radical (unpaired) electrons. The number of thiazole rings is 1. The van der Waals surface area contributed by atoms with Crippen LogP contribution in [0.4, 0.5) is 4.39 Å². The van der Waals surface area contributed by atoms with E-state index in [0.717, 1.165) is 15.3 Å². The fourth-order valence-electron chi connectivity index (χ4n) is 2.41. The first kappa shape index (κ1) is 16.6. The summed E-state index contributed by atoms with van der Waals surface area (Å²) < 4.78 is 15.4. The third-order valence-corrected chi connectivity index (χ3v) is 4.93. The smallest absolute Gasteiger partial charge is 0.244 e. The number of tetrazole rings is 1. The van der Waals surface area contributed by atoms with Crippen LogP contribution in [0.3, 0.4) is 0 Å². The highest BCUT2D eigenvalue weighted by atomic mass is 35.5. The maximum Gasteiger partial charge on any atom is 0.368 e. The van der Waals surface area contributed by atoms with Gasteiger partial charge in [0.15, 0.2) is 0 Å². The number of rotatable bonds is 4. The molecule has 0 fully saturated rings. The van der Waals surface area contributed by atoms with Crippen LogP contribution in [0.25, 0.3) is 16.3 Å². The number of hydrogen-bond acceptors (Lipinski definition) is 5. The molecular weight excluding hydrogens is 377 g/mol. The predicted octanol–water partition coefficient (Wildman–Crippen LogP) is 3.39. The summed E-state index contributed by atoms with van der Waals surface area (Å²) in [6.45, 7) is 0.182. The Morgan fingerprint density at radius 1 is 1.08 bits per heavy atom. The molecule has 0 aliphatic heterocycles. The second-order valence-electron chi connectivity index (χ2n) is 5.43. The van der Waals surface area contributed by atoms with Crippen LogP contribution in [0.2, 0.25) is 5.02 Å². The molecule has 2 aromatic carbocycles. The summed E-state index contributed by atoms with van der Waals surface area (Å²) in [7, 11) is 0. The molecule has 9 heteroatoms. The van der Waals surface area contributed by atoms with E-state index < -0.39 is 5.69 Å². The molecule has 0 unspecified atom stereocenters. The van der Waals surface area contributed by atoms with Crippen LogP contribution in [0.15, 0.2) is 58.7 Å². The minimum absolute atomic E-state index is 0.182. The van der Waals surface area contributed by atoms with Gasteiger partial charge >= 0.3 is 5.69 Å². The molecule has 0 N–H and O–H groups in total. The Hall–Kier alpha value is -2.84. The van der Waals surface area contributed by atoms with Gasteiger partial charge in [-0.1, -0.05) is 23.7 Å².